The second-order valence-corrected chi connectivity index (χ2v) is 5.29. The lowest BCUT2D eigenvalue weighted by atomic mass is 10.2. The fourth-order valence-corrected chi connectivity index (χ4v) is 2.07. The van der Waals surface area contributed by atoms with Crippen molar-refractivity contribution in [1.29, 1.82) is 0 Å². The van der Waals surface area contributed by atoms with Gasteiger partial charge in [-0.3, -0.25) is 10.00 Å². The van der Waals surface area contributed by atoms with Gasteiger partial charge in [-0.1, -0.05) is 37.1 Å². The first-order chi connectivity index (χ1) is 10.6. The minimum atomic E-state index is -0.331. The van der Waals surface area contributed by atoms with Crippen molar-refractivity contribution in [2.24, 2.45) is 0 Å². The van der Waals surface area contributed by atoms with E-state index in [4.69, 9.17) is 11.6 Å². The van der Waals surface area contributed by atoms with E-state index in [1.165, 1.54) is 12.1 Å². The first-order valence-electron chi connectivity index (χ1n) is 7.10. The van der Waals surface area contributed by atoms with Gasteiger partial charge in [0, 0.05) is 12.7 Å². The van der Waals surface area contributed by atoms with Crippen molar-refractivity contribution in [3.05, 3.63) is 46.9 Å². The molecule has 0 radical (unpaired) electrons. The van der Waals surface area contributed by atoms with Gasteiger partial charge in [-0.15, -0.1) is 0 Å². The maximum atomic E-state index is 12.9. The van der Waals surface area contributed by atoms with Crippen LogP contribution in [0.5, 0.6) is 0 Å². The van der Waals surface area contributed by atoms with E-state index < -0.39 is 0 Å². The summed E-state index contributed by atoms with van der Waals surface area (Å²) in [7, 11) is 0. The summed E-state index contributed by atoms with van der Waals surface area (Å²) in [5.74, 6) is 0.0196. The molecular weight excluding hydrogens is 307 g/mol. The molecule has 0 spiro atoms. The van der Waals surface area contributed by atoms with Crippen molar-refractivity contribution >= 4 is 23.4 Å². The zero-order valence-electron chi connectivity index (χ0n) is 12.3. The molecule has 118 valence electrons. The third kappa shape index (κ3) is 4.73. The number of hydrogen-bond acceptors (Lipinski definition) is 2. The number of benzene rings is 1. The molecule has 0 aliphatic heterocycles. The predicted molar refractivity (Wildman–Crippen MR) is 84.7 cm³/mol. The van der Waals surface area contributed by atoms with Crippen molar-refractivity contribution in [3.8, 4) is 0 Å². The van der Waals surface area contributed by atoms with Gasteiger partial charge in [0.25, 0.3) is 0 Å². The number of urea groups is 1. The van der Waals surface area contributed by atoms with E-state index in [0.717, 1.165) is 18.4 Å². The Labute approximate surface area is 133 Å². The molecule has 1 heterocycles. The van der Waals surface area contributed by atoms with Crippen molar-refractivity contribution in [1.82, 2.24) is 15.1 Å². The molecule has 2 rings (SSSR count). The molecule has 2 amide bonds. The van der Waals surface area contributed by atoms with Gasteiger partial charge < -0.3 is 5.32 Å². The van der Waals surface area contributed by atoms with Gasteiger partial charge in [-0.05, 0) is 24.1 Å². The molecule has 0 aliphatic rings. The Balaban J connectivity index is 1.95. The molecule has 2 N–H and O–H groups in total. The average Bonchev–Trinajstić information content (AvgIpc) is 2.81. The molecule has 0 atom stereocenters. The molecule has 22 heavy (non-hydrogen) atoms. The maximum absolute atomic E-state index is 12.9. The Morgan fingerprint density at radius 2 is 2.09 bits per heavy atom. The molecule has 2 aromatic rings. The van der Waals surface area contributed by atoms with Crippen molar-refractivity contribution in [2.75, 3.05) is 11.9 Å². The van der Waals surface area contributed by atoms with Crippen LogP contribution in [0.15, 0.2) is 30.5 Å². The summed E-state index contributed by atoms with van der Waals surface area (Å²) in [4.78, 5) is 11.7. The number of hydrogen-bond donors (Lipinski definition) is 2. The van der Waals surface area contributed by atoms with E-state index in [0.29, 0.717) is 23.9 Å². The Morgan fingerprint density at radius 3 is 2.77 bits per heavy atom. The first kappa shape index (κ1) is 16.3. The molecule has 0 aliphatic carbocycles. The fourth-order valence-electron chi connectivity index (χ4n) is 1.87. The van der Waals surface area contributed by atoms with Gasteiger partial charge in [-0.25, -0.2) is 9.18 Å². The molecule has 1 aromatic heterocycles. The third-order valence-corrected chi connectivity index (χ3v) is 3.30. The molecule has 7 heteroatoms. The van der Waals surface area contributed by atoms with Gasteiger partial charge >= 0.3 is 6.03 Å². The molecule has 0 saturated carbocycles. The van der Waals surface area contributed by atoms with Crippen LogP contribution in [0.3, 0.4) is 0 Å². The smallest absolute Gasteiger partial charge is 0.320 e. The number of halogens is 2. The van der Waals surface area contributed by atoms with Gasteiger partial charge in [0.05, 0.1) is 6.54 Å². The highest BCUT2D eigenvalue weighted by Gasteiger charge is 2.10. The van der Waals surface area contributed by atoms with Crippen molar-refractivity contribution in [3.63, 3.8) is 0 Å². The predicted octanol–water partition coefficient (Wildman–Crippen LogP) is 3.65. The number of unbranched alkanes of at least 4 members (excludes halogenated alkanes) is 1. The van der Waals surface area contributed by atoms with E-state index in [1.807, 2.05) is 6.92 Å². The highest BCUT2D eigenvalue weighted by molar-refractivity contribution is 6.33. The van der Waals surface area contributed by atoms with Crippen LogP contribution >= 0.6 is 11.6 Å². The van der Waals surface area contributed by atoms with Crippen LogP contribution in [-0.2, 0) is 6.54 Å². The number of rotatable bonds is 6. The third-order valence-electron chi connectivity index (χ3n) is 3.02. The van der Waals surface area contributed by atoms with E-state index in [9.17, 15) is 9.18 Å². The summed E-state index contributed by atoms with van der Waals surface area (Å²) in [5, 5.41) is 9.90. The van der Waals surface area contributed by atoms with Crippen LogP contribution in [0.25, 0.3) is 0 Å². The van der Waals surface area contributed by atoms with Crippen LogP contribution in [-0.4, -0.2) is 22.4 Å². The van der Waals surface area contributed by atoms with Crippen LogP contribution in [0.2, 0.25) is 5.02 Å². The van der Waals surface area contributed by atoms with Crippen LogP contribution in [0, 0.1) is 5.82 Å². The Bertz CT molecular complexity index is 627. The summed E-state index contributed by atoms with van der Waals surface area (Å²) in [6.45, 7) is 3.10. The zero-order valence-corrected chi connectivity index (χ0v) is 13.0. The second kappa shape index (κ2) is 7.79. The number of nitrogens with zero attached hydrogens (tertiary/aromatic N) is 2. The topological polar surface area (TPSA) is 59.0 Å². The second-order valence-electron chi connectivity index (χ2n) is 4.88. The number of aromatic nitrogens is 2. The Hall–Kier alpha value is -2.08. The molecule has 0 unspecified atom stereocenters. The normalized spacial score (nSPS) is 10.5. The average molecular weight is 325 g/mol. The summed E-state index contributed by atoms with van der Waals surface area (Å²) >= 11 is 6.06. The summed E-state index contributed by atoms with van der Waals surface area (Å²) in [5.41, 5.74) is 0.888. The van der Waals surface area contributed by atoms with Gasteiger partial charge in [-0.2, -0.15) is 5.10 Å². The first-order valence-corrected chi connectivity index (χ1v) is 7.48. The monoisotopic (exact) mass is 324 g/mol. The van der Waals surface area contributed by atoms with E-state index >= 15 is 0 Å². The highest BCUT2D eigenvalue weighted by Crippen LogP contribution is 2.20. The molecule has 5 nitrogen and oxygen atoms in total. The maximum Gasteiger partial charge on any atom is 0.320 e. The molecule has 0 bridgehead atoms. The van der Waals surface area contributed by atoms with E-state index in [2.05, 4.69) is 15.7 Å². The van der Waals surface area contributed by atoms with Crippen LogP contribution in [0.1, 0.15) is 25.3 Å². The van der Waals surface area contributed by atoms with Crippen molar-refractivity contribution < 1.29 is 9.18 Å². The Morgan fingerprint density at radius 1 is 1.36 bits per heavy atom. The lowest BCUT2D eigenvalue weighted by Gasteiger charge is -2.05. The summed E-state index contributed by atoms with van der Waals surface area (Å²) < 4.78 is 14.5. The quantitative estimate of drug-likeness (QED) is 0.797. The van der Waals surface area contributed by atoms with Crippen molar-refractivity contribution in [2.45, 2.75) is 26.3 Å². The molecule has 0 fully saturated rings. The lowest BCUT2D eigenvalue weighted by molar-refractivity contribution is 0.252. The minimum absolute atomic E-state index is 0.284. The number of anilines is 1. The number of nitrogens with one attached hydrogen (secondary N) is 2. The van der Waals surface area contributed by atoms with Gasteiger partial charge in [0.2, 0.25) is 0 Å². The lowest BCUT2D eigenvalue weighted by Crippen LogP contribution is -2.29. The molecular formula is C15H18ClFN4O. The number of amides is 2. The SMILES string of the molecule is CCCCNC(=O)Nc1nn(Cc2ccc(F)cc2)cc1Cl. The Kier molecular flexibility index (Phi) is 5.77. The fraction of sp³-hybridized carbons (Fsp3) is 0.333. The number of carbonyl (C=O) groups excluding carboxylic acids is 1. The minimum Gasteiger partial charge on any atom is -0.338 e. The highest BCUT2D eigenvalue weighted by atomic mass is 35.5. The van der Waals surface area contributed by atoms with E-state index in [1.54, 1.807) is 23.0 Å². The summed E-state index contributed by atoms with van der Waals surface area (Å²) in [6.07, 6.45) is 3.54. The van der Waals surface area contributed by atoms with Gasteiger partial charge in [0.1, 0.15) is 10.8 Å². The van der Waals surface area contributed by atoms with Gasteiger partial charge in [0.15, 0.2) is 5.82 Å². The molecule has 1 aromatic carbocycles. The zero-order chi connectivity index (χ0) is 15.9. The standard InChI is InChI=1S/C15H18ClFN4O/c1-2-3-8-18-15(22)19-14-13(16)10-21(20-14)9-11-4-6-12(17)7-5-11/h4-7,10H,2-3,8-9H2,1H3,(H2,18,19,20,22). The van der Waals surface area contributed by atoms with Crippen LogP contribution in [0.4, 0.5) is 15.0 Å². The summed E-state index contributed by atoms with van der Waals surface area (Å²) in [6, 6.07) is 5.80. The van der Waals surface area contributed by atoms with Crippen LogP contribution < -0.4 is 10.6 Å². The molecule has 0 saturated heterocycles. The number of carbonyl (C=O) groups is 1. The van der Waals surface area contributed by atoms with E-state index in [-0.39, 0.29) is 11.8 Å². The largest absolute Gasteiger partial charge is 0.338 e.